The van der Waals surface area contributed by atoms with Gasteiger partial charge in [0.05, 0.1) is 0 Å². The van der Waals surface area contributed by atoms with Crippen LogP contribution in [0.3, 0.4) is 0 Å². The molecular weight excluding hydrogens is 791 g/mol. The van der Waals surface area contributed by atoms with E-state index in [1.54, 1.807) is 0 Å². The van der Waals surface area contributed by atoms with Crippen molar-refractivity contribution in [1.29, 1.82) is 0 Å². The maximum atomic E-state index is 6.75. The molecule has 0 unspecified atom stereocenters. The molecule has 13 aromatic rings. The molecule has 0 aliphatic heterocycles. The Kier molecular flexibility index (Phi) is 8.53. The zero-order valence-corrected chi connectivity index (χ0v) is 35.3. The summed E-state index contributed by atoms with van der Waals surface area (Å²) in [6.07, 6.45) is 0. The van der Waals surface area contributed by atoms with Crippen LogP contribution in [0.4, 0.5) is 17.1 Å². The second kappa shape index (κ2) is 15.0. The topological polar surface area (TPSA) is 29.5 Å². The number of fused-ring (bicyclic) bond motifs is 10. The van der Waals surface area contributed by atoms with Gasteiger partial charge >= 0.3 is 0 Å². The maximum Gasteiger partial charge on any atom is 0.143 e. The van der Waals surface area contributed by atoms with Gasteiger partial charge in [0.15, 0.2) is 0 Å². The van der Waals surface area contributed by atoms with Crippen LogP contribution in [0.15, 0.2) is 245 Å². The van der Waals surface area contributed by atoms with Crippen molar-refractivity contribution in [3.8, 4) is 44.5 Å². The number of benzene rings is 11. The van der Waals surface area contributed by atoms with Crippen LogP contribution in [0, 0.1) is 0 Å². The van der Waals surface area contributed by atoms with E-state index in [-0.39, 0.29) is 0 Å². The minimum absolute atomic E-state index is 0.900. The summed E-state index contributed by atoms with van der Waals surface area (Å²) in [5.74, 6) is 0. The number of hydrogen-bond donors (Lipinski definition) is 0. The van der Waals surface area contributed by atoms with Crippen molar-refractivity contribution >= 4 is 82.5 Å². The van der Waals surface area contributed by atoms with E-state index >= 15 is 0 Å². The molecule has 0 saturated carbocycles. The van der Waals surface area contributed by atoms with E-state index in [9.17, 15) is 0 Å². The average molecular weight is 830 g/mol. The van der Waals surface area contributed by atoms with Gasteiger partial charge in [0.2, 0.25) is 0 Å². The van der Waals surface area contributed by atoms with Gasteiger partial charge in [0.25, 0.3) is 0 Å². The first-order valence-electron chi connectivity index (χ1n) is 22.1. The molecule has 0 radical (unpaired) electrons. The van der Waals surface area contributed by atoms with Gasteiger partial charge in [0.1, 0.15) is 22.3 Å². The Hall–Kier alpha value is -8.66. The van der Waals surface area contributed by atoms with Crippen LogP contribution in [0.2, 0.25) is 0 Å². The van der Waals surface area contributed by atoms with E-state index in [4.69, 9.17) is 8.83 Å². The van der Waals surface area contributed by atoms with E-state index in [2.05, 4.69) is 241 Å². The molecule has 65 heavy (non-hydrogen) atoms. The van der Waals surface area contributed by atoms with Gasteiger partial charge in [-0.25, -0.2) is 0 Å². The fourth-order valence-corrected chi connectivity index (χ4v) is 9.87. The molecular formula is C62H39NO2. The van der Waals surface area contributed by atoms with Crippen LogP contribution in [0.25, 0.3) is 110 Å². The number of nitrogens with zero attached hydrogens (tertiary/aromatic N) is 1. The molecule has 0 atom stereocenters. The van der Waals surface area contributed by atoms with Gasteiger partial charge in [-0.2, -0.15) is 0 Å². The van der Waals surface area contributed by atoms with Crippen LogP contribution >= 0.6 is 0 Å². The summed E-state index contributed by atoms with van der Waals surface area (Å²) in [5, 5.41) is 9.10. The van der Waals surface area contributed by atoms with E-state index in [1.165, 1.54) is 21.9 Å². The van der Waals surface area contributed by atoms with Gasteiger partial charge in [-0.05, 0) is 98.8 Å². The molecule has 304 valence electrons. The van der Waals surface area contributed by atoms with Crippen molar-refractivity contribution < 1.29 is 8.83 Å². The lowest BCUT2D eigenvalue weighted by atomic mass is 9.98. The third-order valence-corrected chi connectivity index (χ3v) is 13.1. The maximum absolute atomic E-state index is 6.75. The first-order valence-corrected chi connectivity index (χ1v) is 22.1. The molecule has 0 bridgehead atoms. The highest BCUT2D eigenvalue weighted by molar-refractivity contribution is 6.18. The van der Waals surface area contributed by atoms with Crippen molar-refractivity contribution in [1.82, 2.24) is 0 Å². The van der Waals surface area contributed by atoms with Crippen molar-refractivity contribution in [2.45, 2.75) is 0 Å². The van der Waals surface area contributed by atoms with Crippen molar-refractivity contribution in [3.63, 3.8) is 0 Å². The second-order valence-corrected chi connectivity index (χ2v) is 16.8. The molecule has 2 heterocycles. The molecule has 0 amide bonds. The number of anilines is 3. The van der Waals surface area contributed by atoms with Gasteiger partial charge in [-0.3, -0.25) is 0 Å². The zero-order valence-electron chi connectivity index (χ0n) is 35.3. The lowest BCUT2D eigenvalue weighted by molar-refractivity contribution is 0.673. The Labute approximate surface area is 375 Å². The van der Waals surface area contributed by atoms with Crippen LogP contribution in [-0.4, -0.2) is 0 Å². The van der Waals surface area contributed by atoms with E-state index in [0.29, 0.717) is 0 Å². The van der Waals surface area contributed by atoms with Crippen molar-refractivity contribution in [3.05, 3.63) is 237 Å². The molecule has 0 saturated heterocycles. The van der Waals surface area contributed by atoms with Crippen LogP contribution in [0.5, 0.6) is 0 Å². The Bertz CT molecular complexity index is 3740. The Morgan fingerprint density at radius 1 is 0.231 bits per heavy atom. The van der Waals surface area contributed by atoms with Crippen LogP contribution < -0.4 is 4.90 Å². The fraction of sp³-hybridized carbons (Fsp3) is 0. The number of para-hydroxylation sites is 2. The summed E-state index contributed by atoms with van der Waals surface area (Å²) < 4.78 is 13.5. The van der Waals surface area contributed by atoms with Gasteiger partial charge < -0.3 is 13.7 Å². The quantitative estimate of drug-likeness (QED) is 0.160. The highest BCUT2D eigenvalue weighted by Gasteiger charge is 2.19. The highest BCUT2D eigenvalue weighted by Crippen LogP contribution is 2.43. The average Bonchev–Trinajstić information content (AvgIpc) is 3.97. The van der Waals surface area contributed by atoms with Crippen molar-refractivity contribution in [2.24, 2.45) is 0 Å². The molecule has 3 heteroatoms. The fourth-order valence-electron chi connectivity index (χ4n) is 9.87. The Balaban J connectivity index is 0.921. The molecule has 13 rings (SSSR count). The minimum atomic E-state index is 0.900. The van der Waals surface area contributed by atoms with Crippen LogP contribution in [0.1, 0.15) is 0 Å². The molecule has 0 fully saturated rings. The number of rotatable bonds is 7. The third kappa shape index (κ3) is 6.20. The molecule has 0 aliphatic rings. The van der Waals surface area contributed by atoms with E-state index in [1.807, 2.05) is 0 Å². The summed E-state index contributed by atoms with van der Waals surface area (Å²) in [4.78, 5) is 2.35. The van der Waals surface area contributed by atoms with Gasteiger partial charge in [0, 0.05) is 60.5 Å². The summed E-state index contributed by atoms with van der Waals surface area (Å²) >= 11 is 0. The first kappa shape index (κ1) is 36.9. The normalized spacial score (nSPS) is 11.7. The largest absolute Gasteiger partial charge is 0.455 e. The number of hydrogen-bond acceptors (Lipinski definition) is 3. The van der Waals surface area contributed by atoms with E-state index < -0.39 is 0 Å². The predicted octanol–water partition coefficient (Wildman–Crippen LogP) is 17.9. The van der Waals surface area contributed by atoms with Crippen molar-refractivity contribution in [2.75, 3.05) is 4.90 Å². The Morgan fingerprint density at radius 2 is 0.646 bits per heavy atom. The molecule has 11 aromatic carbocycles. The monoisotopic (exact) mass is 829 g/mol. The van der Waals surface area contributed by atoms with Gasteiger partial charge in [-0.1, -0.05) is 182 Å². The standard InChI is InChI=1S/C62H39NO2/c1-2-12-40(13-3-1)45-16-8-17-46(38-45)47-18-9-19-50(39-47)63(48-32-26-43(27-33-48)53-22-10-24-55-57-36-30-41-14-4-6-20-51(41)61(57)64-59(53)55)49-34-28-44(29-35-49)54-23-11-25-56-58-37-31-42-15-5-7-21-52(42)62(58)65-60(54)56/h1-39H. The molecule has 0 spiro atoms. The summed E-state index contributed by atoms with van der Waals surface area (Å²) in [6.45, 7) is 0. The molecule has 0 aliphatic carbocycles. The molecule has 0 N–H and O–H groups in total. The predicted molar refractivity (Wildman–Crippen MR) is 272 cm³/mol. The number of furan rings is 2. The first-order chi connectivity index (χ1) is 32.2. The smallest absolute Gasteiger partial charge is 0.143 e. The van der Waals surface area contributed by atoms with Gasteiger partial charge in [-0.15, -0.1) is 0 Å². The van der Waals surface area contributed by atoms with E-state index in [0.717, 1.165) is 105 Å². The highest BCUT2D eigenvalue weighted by atomic mass is 16.3. The summed E-state index contributed by atoms with van der Waals surface area (Å²) in [5.41, 5.74) is 15.8. The lowest BCUT2D eigenvalue weighted by Crippen LogP contribution is -2.10. The lowest BCUT2D eigenvalue weighted by Gasteiger charge is -2.26. The molecule has 2 aromatic heterocycles. The van der Waals surface area contributed by atoms with Crippen LogP contribution in [-0.2, 0) is 0 Å². The molecule has 3 nitrogen and oxygen atoms in total. The zero-order chi connectivity index (χ0) is 42.8. The second-order valence-electron chi connectivity index (χ2n) is 16.8. The Morgan fingerprint density at radius 3 is 1.20 bits per heavy atom. The summed E-state index contributed by atoms with van der Waals surface area (Å²) in [7, 11) is 0. The third-order valence-electron chi connectivity index (χ3n) is 13.1. The SMILES string of the molecule is c1ccc(-c2cccc(-c3cccc(N(c4ccc(-c5cccc6c5oc5c7ccccc7ccc65)cc4)c4ccc(-c5cccc6c5oc5c7ccccc7ccc65)cc4)c3)c2)cc1. The minimum Gasteiger partial charge on any atom is -0.455 e. The summed E-state index contributed by atoms with van der Waals surface area (Å²) in [6, 6.07) is 84.6.